The number of halogens is 1. The number of carbonyl (C=O) groups is 2. The normalized spacial score (nSPS) is 10.5. The van der Waals surface area contributed by atoms with Gasteiger partial charge in [0.1, 0.15) is 18.4 Å². The number of carbonyl (C=O) groups excluding carboxylic acids is 2. The van der Waals surface area contributed by atoms with Gasteiger partial charge >= 0.3 is 0 Å². The summed E-state index contributed by atoms with van der Waals surface area (Å²) in [7, 11) is 1.50. The lowest BCUT2D eigenvalue weighted by atomic mass is 10.2. The van der Waals surface area contributed by atoms with Gasteiger partial charge in [0, 0.05) is 10.7 Å². The molecule has 0 spiro atoms. The summed E-state index contributed by atoms with van der Waals surface area (Å²) >= 11 is 7.09. The van der Waals surface area contributed by atoms with Gasteiger partial charge < -0.3 is 15.4 Å². The summed E-state index contributed by atoms with van der Waals surface area (Å²) in [6.45, 7) is 0. The number of aromatic nitrogens is 3. The maximum atomic E-state index is 12.6. The van der Waals surface area contributed by atoms with Crippen molar-refractivity contribution < 1.29 is 14.3 Å². The fourth-order valence-electron chi connectivity index (χ4n) is 2.78. The predicted octanol–water partition coefficient (Wildman–Crippen LogP) is 4.50. The second-order valence-electron chi connectivity index (χ2n) is 6.30. The second kappa shape index (κ2) is 8.99. The van der Waals surface area contributed by atoms with Crippen molar-refractivity contribution in [3.8, 4) is 11.4 Å². The van der Waals surface area contributed by atoms with E-state index in [4.69, 9.17) is 16.3 Å². The van der Waals surface area contributed by atoms with Crippen molar-refractivity contribution in [1.29, 1.82) is 0 Å². The Bertz CT molecular complexity index is 1220. The van der Waals surface area contributed by atoms with Gasteiger partial charge in [-0.2, -0.15) is 5.10 Å². The van der Waals surface area contributed by atoms with Crippen LogP contribution < -0.4 is 15.4 Å². The average molecular weight is 454 g/mol. The lowest BCUT2D eigenvalue weighted by Crippen LogP contribution is -2.11. The maximum Gasteiger partial charge on any atom is 0.265 e. The minimum atomic E-state index is -0.359. The molecule has 4 rings (SSSR count). The van der Waals surface area contributed by atoms with Crippen LogP contribution in [-0.2, 0) is 0 Å². The van der Waals surface area contributed by atoms with Crippen LogP contribution in [0.4, 0.5) is 11.4 Å². The molecule has 0 aliphatic heterocycles. The van der Waals surface area contributed by atoms with E-state index < -0.39 is 0 Å². The van der Waals surface area contributed by atoms with Gasteiger partial charge in [-0.05, 0) is 54.6 Å². The Morgan fingerprint density at radius 2 is 1.71 bits per heavy atom. The first kappa shape index (κ1) is 20.6. The molecule has 2 aromatic carbocycles. The molecule has 0 bridgehead atoms. The number of methoxy groups -OCH3 is 1. The number of thiophene rings is 1. The molecule has 0 unspecified atom stereocenters. The van der Waals surface area contributed by atoms with E-state index in [1.165, 1.54) is 13.4 Å². The largest absolute Gasteiger partial charge is 0.495 e. The summed E-state index contributed by atoms with van der Waals surface area (Å²) in [5.74, 6) is -0.179. The monoisotopic (exact) mass is 453 g/mol. The first-order chi connectivity index (χ1) is 15.0. The van der Waals surface area contributed by atoms with Crippen molar-refractivity contribution in [2.45, 2.75) is 0 Å². The lowest BCUT2D eigenvalue weighted by molar-refractivity contribution is 0.102. The Morgan fingerprint density at radius 3 is 2.35 bits per heavy atom. The molecule has 0 aliphatic rings. The van der Waals surface area contributed by atoms with Gasteiger partial charge in [0.2, 0.25) is 0 Å². The van der Waals surface area contributed by atoms with E-state index in [-0.39, 0.29) is 11.8 Å². The smallest absolute Gasteiger partial charge is 0.265 e. The minimum Gasteiger partial charge on any atom is -0.495 e. The Labute approximate surface area is 186 Å². The Balaban J connectivity index is 1.43. The second-order valence-corrected chi connectivity index (χ2v) is 7.82. The quantitative estimate of drug-likeness (QED) is 0.448. The standard InChI is InChI=1S/C21H16ClN5O3S/c1-30-17-7-2-13(22)10-16(17)26-21(29)19-9-8-18(31-19)20(28)25-14-3-5-15(6-4-14)27-12-23-11-24-27/h2-12H,1H3,(H,25,28)(H,26,29). The summed E-state index contributed by atoms with van der Waals surface area (Å²) in [5, 5.41) is 10.1. The third kappa shape index (κ3) is 4.73. The minimum absolute atomic E-state index is 0.308. The average Bonchev–Trinajstić information content (AvgIpc) is 3.47. The van der Waals surface area contributed by atoms with Crippen molar-refractivity contribution >= 4 is 46.1 Å². The van der Waals surface area contributed by atoms with E-state index in [1.807, 2.05) is 12.1 Å². The molecule has 2 amide bonds. The van der Waals surface area contributed by atoms with Crippen molar-refractivity contribution in [1.82, 2.24) is 14.8 Å². The molecule has 0 saturated heterocycles. The number of ether oxygens (including phenoxy) is 1. The number of benzene rings is 2. The molecular formula is C21H16ClN5O3S. The Hall–Kier alpha value is -3.69. The van der Waals surface area contributed by atoms with Crippen molar-refractivity contribution in [2.24, 2.45) is 0 Å². The van der Waals surface area contributed by atoms with Crippen LogP contribution in [0.15, 0.2) is 67.3 Å². The summed E-state index contributed by atoms with van der Waals surface area (Å²) in [4.78, 5) is 29.9. The number of amides is 2. The zero-order chi connectivity index (χ0) is 21.8. The van der Waals surface area contributed by atoms with Gasteiger partial charge in [0.05, 0.1) is 28.2 Å². The molecule has 0 fully saturated rings. The molecule has 0 saturated carbocycles. The maximum absolute atomic E-state index is 12.6. The molecule has 0 radical (unpaired) electrons. The molecule has 8 nitrogen and oxygen atoms in total. The fraction of sp³-hybridized carbons (Fsp3) is 0.0476. The number of hydrogen-bond acceptors (Lipinski definition) is 6. The first-order valence-corrected chi connectivity index (χ1v) is 10.2. The number of anilines is 2. The highest BCUT2D eigenvalue weighted by Crippen LogP contribution is 2.29. The summed E-state index contributed by atoms with van der Waals surface area (Å²) < 4.78 is 6.85. The van der Waals surface area contributed by atoms with Crippen molar-refractivity contribution in [3.05, 3.63) is 82.0 Å². The molecular weight excluding hydrogens is 438 g/mol. The first-order valence-electron chi connectivity index (χ1n) is 9.04. The fourth-order valence-corrected chi connectivity index (χ4v) is 3.74. The van der Waals surface area contributed by atoms with Crippen LogP contribution in [0.3, 0.4) is 0 Å². The van der Waals surface area contributed by atoms with Gasteiger partial charge in [0.15, 0.2) is 0 Å². The summed E-state index contributed by atoms with van der Waals surface area (Å²) in [6.07, 6.45) is 3.04. The molecule has 2 N–H and O–H groups in total. The topological polar surface area (TPSA) is 98.1 Å². The van der Waals surface area contributed by atoms with E-state index in [0.717, 1.165) is 17.0 Å². The highest BCUT2D eigenvalue weighted by atomic mass is 35.5. The molecule has 10 heteroatoms. The van der Waals surface area contributed by atoms with Crippen LogP contribution in [0, 0.1) is 0 Å². The summed E-state index contributed by atoms with van der Waals surface area (Å²) in [5.41, 5.74) is 1.89. The third-order valence-electron chi connectivity index (χ3n) is 4.27. The van der Waals surface area contributed by atoms with Crippen LogP contribution in [0.1, 0.15) is 19.3 Å². The zero-order valence-electron chi connectivity index (χ0n) is 16.2. The van der Waals surface area contributed by atoms with Gasteiger partial charge in [-0.3, -0.25) is 9.59 Å². The molecule has 4 aromatic rings. The highest BCUT2D eigenvalue weighted by Gasteiger charge is 2.16. The zero-order valence-corrected chi connectivity index (χ0v) is 17.8. The third-order valence-corrected chi connectivity index (χ3v) is 5.59. The molecule has 0 atom stereocenters. The van der Waals surface area contributed by atoms with Crippen LogP contribution in [0.5, 0.6) is 5.75 Å². The van der Waals surface area contributed by atoms with E-state index in [9.17, 15) is 9.59 Å². The van der Waals surface area contributed by atoms with Crippen LogP contribution in [0.25, 0.3) is 5.69 Å². The van der Waals surface area contributed by atoms with E-state index >= 15 is 0 Å². The van der Waals surface area contributed by atoms with Crippen LogP contribution in [-0.4, -0.2) is 33.7 Å². The van der Waals surface area contributed by atoms with Crippen molar-refractivity contribution in [3.63, 3.8) is 0 Å². The van der Waals surface area contributed by atoms with E-state index in [1.54, 1.807) is 53.5 Å². The molecule has 156 valence electrons. The lowest BCUT2D eigenvalue weighted by Gasteiger charge is -2.09. The van der Waals surface area contributed by atoms with Crippen LogP contribution >= 0.6 is 22.9 Å². The SMILES string of the molecule is COc1ccc(Cl)cc1NC(=O)c1ccc(C(=O)Nc2ccc(-n3cncn3)cc2)s1. The number of nitrogens with one attached hydrogen (secondary N) is 2. The van der Waals surface area contributed by atoms with Gasteiger partial charge in [0.25, 0.3) is 11.8 Å². The van der Waals surface area contributed by atoms with Crippen LogP contribution in [0.2, 0.25) is 5.02 Å². The van der Waals surface area contributed by atoms with E-state index in [2.05, 4.69) is 20.7 Å². The Morgan fingerprint density at radius 1 is 1.00 bits per heavy atom. The molecule has 2 aromatic heterocycles. The van der Waals surface area contributed by atoms with Crippen molar-refractivity contribution in [2.75, 3.05) is 17.7 Å². The van der Waals surface area contributed by atoms with E-state index in [0.29, 0.717) is 31.9 Å². The number of nitrogens with zero attached hydrogens (tertiary/aromatic N) is 3. The predicted molar refractivity (Wildman–Crippen MR) is 120 cm³/mol. The number of hydrogen-bond donors (Lipinski definition) is 2. The van der Waals surface area contributed by atoms with Gasteiger partial charge in [-0.25, -0.2) is 9.67 Å². The molecule has 31 heavy (non-hydrogen) atoms. The summed E-state index contributed by atoms with van der Waals surface area (Å²) in [6, 6.07) is 15.3. The number of rotatable bonds is 6. The Kier molecular flexibility index (Phi) is 5.96. The van der Waals surface area contributed by atoms with Gasteiger partial charge in [-0.15, -0.1) is 11.3 Å². The molecule has 0 aliphatic carbocycles. The van der Waals surface area contributed by atoms with Gasteiger partial charge in [-0.1, -0.05) is 11.6 Å². The molecule has 2 heterocycles. The highest BCUT2D eigenvalue weighted by molar-refractivity contribution is 7.16.